The van der Waals surface area contributed by atoms with Crippen molar-refractivity contribution in [3.05, 3.63) is 52.7 Å². The first-order valence-electron chi connectivity index (χ1n) is 5.53. The number of hydrogen-bond acceptors (Lipinski definition) is 3. The molecular weight excluding hydrogens is 219 g/mol. The number of aromatic nitrogens is 1. The molecule has 0 unspecified atom stereocenters. The van der Waals surface area contributed by atoms with Gasteiger partial charge in [-0.15, -0.1) is 0 Å². The van der Waals surface area contributed by atoms with Gasteiger partial charge in [-0.05, 0) is 31.5 Å². The largest absolute Gasteiger partial charge is 0.361 e. The van der Waals surface area contributed by atoms with Crippen LogP contribution < -0.4 is 5.32 Å². The highest BCUT2D eigenvalue weighted by Gasteiger charge is 2.07. The predicted molar refractivity (Wildman–Crippen MR) is 62.9 cm³/mol. The monoisotopic (exact) mass is 234 g/mol. The van der Waals surface area contributed by atoms with E-state index in [9.17, 15) is 4.39 Å². The molecule has 0 aliphatic carbocycles. The molecule has 4 heteroatoms. The van der Waals surface area contributed by atoms with E-state index in [1.54, 1.807) is 6.07 Å². The van der Waals surface area contributed by atoms with Gasteiger partial charge in [0.1, 0.15) is 11.6 Å². The standard InChI is InChI=1S/C13H15FN2O/c1-9-13(10(2)17-16-9)8-15-7-11-4-3-5-12(14)6-11/h3-6,15H,7-8H2,1-2H3. The molecule has 2 rings (SSSR count). The zero-order chi connectivity index (χ0) is 12.3. The molecule has 0 radical (unpaired) electrons. The van der Waals surface area contributed by atoms with E-state index in [2.05, 4.69) is 10.5 Å². The lowest BCUT2D eigenvalue weighted by molar-refractivity contribution is 0.392. The van der Waals surface area contributed by atoms with Crippen LogP contribution in [0.5, 0.6) is 0 Å². The summed E-state index contributed by atoms with van der Waals surface area (Å²) in [6.45, 7) is 5.11. The van der Waals surface area contributed by atoms with Gasteiger partial charge in [0.2, 0.25) is 0 Å². The maximum atomic E-state index is 12.9. The van der Waals surface area contributed by atoms with E-state index < -0.39 is 0 Å². The van der Waals surface area contributed by atoms with Gasteiger partial charge in [0.25, 0.3) is 0 Å². The predicted octanol–water partition coefficient (Wildman–Crippen LogP) is 2.72. The summed E-state index contributed by atoms with van der Waals surface area (Å²) in [5.41, 5.74) is 2.90. The van der Waals surface area contributed by atoms with Crippen LogP contribution in [0.1, 0.15) is 22.6 Å². The average Bonchev–Trinajstić information content (AvgIpc) is 2.61. The molecule has 17 heavy (non-hydrogen) atoms. The van der Waals surface area contributed by atoms with Gasteiger partial charge >= 0.3 is 0 Å². The Hall–Kier alpha value is -1.68. The lowest BCUT2D eigenvalue weighted by Crippen LogP contribution is -2.13. The first-order chi connectivity index (χ1) is 8.16. The van der Waals surface area contributed by atoms with Crippen molar-refractivity contribution in [1.29, 1.82) is 0 Å². The molecule has 2 aromatic rings. The summed E-state index contributed by atoms with van der Waals surface area (Å²) in [6.07, 6.45) is 0. The molecule has 0 atom stereocenters. The molecule has 0 spiro atoms. The van der Waals surface area contributed by atoms with Gasteiger partial charge in [-0.25, -0.2) is 4.39 Å². The smallest absolute Gasteiger partial charge is 0.138 e. The Bertz CT molecular complexity index is 488. The van der Waals surface area contributed by atoms with Gasteiger partial charge in [0.15, 0.2) is 0 Å². The second-order valence-corrected chi connectivity index (χ2v) is 4.04. The van der Waals surface area contributed by atoms with Gasteiger partial charge in [-0.2, -0.15) is 0 Å². The molecule has 0 fully saturated rings. The second kappa shape index (κ2) is 5.10. The molecule has 0 saturated heterocycles. The van der Waals surface area contributed by atoms with E-state index in [0.717, 1.165) is 22.6 Å². The van der Waals surface area contributed by atoms with Crippen molar-refractivity contribution in [1.82, 2.24) is 10.5 Å². The number of aryl methyl sites for hydroxylation is 2. The number of hydrogen-bond donors (Lipinski definition) is 1. The van der Waals surface area contributed by atoms with E-state index in [-0.39, 0.29) is 5.82 Å². The second-order valence-electron chi connectivity index (χ2n) is 4.04. The van der Waals surface area contributed by atoms with Gasteiger partial charge < -0.3 is 9.84 Å². The molecular formula is C13H15FN2O. The van der Waals surface area contributed by atoms with Crippen molar-refractivity contribution in [3.8, 4) is 0 Å². The first-order valence-corrected chi connectivity index (χ1v) is 5.53. The van der Waals surface area contributed by atoms with Crippen molar-refractivity contribution < 1.29 is 8.91 Å². The van der Waals surface area contributed by atoms with Crippen molar-refractivity contribution in [2.24, 2.45) is 0 Å². The number of rotatable bonds is 4. The van der Waals surface area contributed by atoms with Crippen LogP contribution in [0.15, 0.2) is 28.8 Å². The third-order valence-corrected chi connectivity index (χ3v) is 2.70. The fourth-order valence-corrected chi connectivity index (χ4v) is 1.73. The summed E-state index contributed by atoms with van der Waals surface area (Å²) < 4.78 is 18.0. The molecule has 1 aromatic heterocycles. The molecule has 0 saturated carbocycles. The Morgan fingerprint density at radius 3 is 2.76 bits per heavy atom. The Balaban J connectivity index is 1.92. The van der Waals surface area contributed by atoms with Gasteiger partial charge in [-0.3, -0.25) is 0 Å². The third kappa shape index (κ3) is 2.91. The van der Waals surface area contributed by atoms with Crippen LogP contribution in [0.4, 0.5) is 4.39 Å². The maximum absolute atomic E-state index is 12.9. The van der Waals surface area contributed by atoms with E-state index in [4.69, 9.17) is 4.52 Å². The molecule has 0 bridgehead atoms. The van der Waals surface area contributed by atoms with Crippen LogP contribution in [0, 0.1) is 19.7 Å². The Morgan fingerprint density at radius 1 is 1.29 bits per heavy atom. The van der Waals surface area contributed by atoms with E-state index in [1.807, 2.05) is 19.9 Å². The lowest BCUT2D eigenvalue weighted by atomic mass is 10.2. The quantitative estimate of drug-likeness (QED) is 0.883. The van der Waals surface area contributed by atoms with Gasteiger partial charge in [-0.1, -0.05) is 17.3 Å². The van der Waals surface area contributed by atoms with E-state index in [0.29, 0.717) is 13.1 Å². The normalized spacial score (nSPS) is 10.8. The first kappa shape index (κ1) is 11.8. The summed E-state index contributed by atoms with van der Waals surface area (Å²) in [4.78, 5) is 0. The van der Waals surface area contributed by atoms with Crippen LogP contribution in [0.2, 0.25) is 0 Å². The summed E-state index contributed by atoms with van der Waals surface area (Å²) >= 11 is 0. The fraction of sp³-hybridized carbons (Fsp3) is 0.308. The molecule has 90 valence electrons. The number of nitrogens with one attached hydrogen (secondary N) is 1. The highest BCUT2D eigenvalue weighted by atomic mass is 19.1. The fourth-order valence-electron chi connectivity index (χ4n) is 1.73. The Morgan fingerprint density at radius 2 is 2.12 bits per heavy atom. The zero-order valence-electron chi connectivity index (χ0n) is 9.96. The molecule has 1 N–H and O–H groups in total. The number of nitrogens with zero attached hydrogens (tertiary/aromatic N) is 1. The molecule has 0 aliphatic rings. The molecule has 1 heterocycles. The van der Waals surface area contributed by atoms with Crippen LogP contribution in [-0.2, 0) is 13.1 Å². The maximum Gasteiger partial charge on any atom is 0.138 e. The molecule has 3 nitrogen and oxygen atoms in total. The van der Waals surface area contributed by atoms with Gasteiger partial charge in [0, 0.05) is 18.7 Å². The minimum Gasteiger partial charge on any atom is -0.361 e. The van der Waals surface area contributed by atoms with Crippen molar-refractivity contribution in [2.75, 3.05) is 0 Å². The summed E-state index contributed by atoms with van der Waals surface area (Å²) in [5.74, 6) is 0.621. The van der Waals surface area contributed by atoms with E-state index in [1.165, 1.54) is 12.1 Å². The molecule has 0 amide bonds. The van der Waals surface area contributed by atoms with E-state index >= 15 is 0 Å². The zero-order valence-corrected chi connectivity index (χ0v) is 9.96. The van der Waals surface area contributed by atoms with Crippen LogP contribution >= 0.6 is 0 Å². The summed E-state index contributed by atoms with van der Waals surface area (Å²) in [5, 5.41) is 7.13. The minimum absolute atomic E-state index is 0.207. The minimum atomic E-state index is -0.207. The number of halogens is 1. The van der Waals surface area contributed by atoms with Crippen molar-refractivity contribution in [3.63, 3.8) is 0 Å². The summed E-state index contributed by atoms with van der Waals surface area (Å²) in [6, 6.07) is 6.57. The topological polar surface area (TPSA) is 38.1 Å². The average molecular weight is 234 g/mol. The van der Waals surface area contributed by atoms with Gasteiger partial charge in [0.05, 0.1) is 5.69 Å². The van der Waals surface area contributed by atoms with Crippen LogP contribution in [0.3, 0.4) is 0 Å². The Labute approximate surface area is 99.6 Å². The van der Waals surface area contributed by atoms with Crippen molar-refractivity contribution in [2.45, 2.75) is 26.9 Å². The highest BCUT2D eigenvalue weighted by molar-refractivity contribution is 5.21. The van der Waals surface area contributed by atoms with Crippen molar-refractivity contribution >= 4 is 0 Å². The van der Waals surface area contributed by atoms with Crippen LogP contribution in [0.25, 0.3) is 0 Å². The SMILES string of the molecule is Cc1noc(C)c1CNCc1cccc(F)c1. The lowest BCUT2D eigenvalue weighted by Gasteiger charge is -2.04. The summed E-state index contributed by atoms with van der Waals surface area (Å²) in [7, 11) is 0. The molecule has 0 aliphatic heterocycles. The highest BCUT2D eigenvalue weighted by Crippen LogP contribution is 2.12. The van der Waals surface area contributed by atoms with Crippen LogP contribution in [-0.4, -0.2) is 5.16 Å². The number of benzene rings is 1. The third-order valence-electron chi connectivity index (χ3n) is 2.70. The Kier molecular flexibility index (Phi) is 3.54. The molecule has 1 aromatic carbocycles.